The van der Waals surface area contributed by atoms with Gasteiger partial charge in [0, 0.05) is 26.2 Å². The number of nitrogens with one attached hydrogen (secondary N) is 1. The molecule has 1 heterocycles. The van der Waals surface area contributed by atoms with E-state index in [1.807, 2.05) is 0 Å². The molecule has 1 atom stereocenters. The van der Waals surface area contributed by atoms with E-state index in [1.165, 1.54) is 6.07 Å². The molecule has 5 heteroatoms. The third-order valence-electron chi connectivity index (χ3n) is 3.22. The Morgan fingerprint density at radius 2 is 2.32 bits per heavy atom. The van der Waals surface area contributed by atoms with E-state index >= 15 is 0 Å². The summed E-state index contributed by atoms with van der Waals surface area (Å²) < 4.78 is 18.8. The van der Waals surface area contributed by atoms with E-state index in [2.05, 4.69) is 5.32 Å². The molecule has 1 aliphatic heterocycles. The van der Waals surface area contributed by atoms with E-state index in [1.54, 1.807) is 30.1 Å². The Balaban J connectivity index is 1.87. The zero-order valence-electron chi connectivity index (χ0n) is 11.1. The molecule has 0 saturated carbocycles. The van der Waals surface area contributed by atoms with Gasteiger partial charge >= 0.3 is 0 Å². The number of rotatable bonds is 4. The Kier molecular flexibility index (Phi) is 4.87. The van der Waals surface area contributed by atoms with Crippen LogP contribution in [0.5, 0.6) is 0 Å². The number of carbonyl (C=O) groups excluding carboxylic acids is 1. The quantitative estimate of drug-likeness (QED) is 0.877. The van der Waals surface area contributed by atoms with Crippen molar-refractivity contribution in [1.82, 2.24) is 10.2 Å². The smallest absolute Gasteiger partial charge is 0.226 e. The molecule has 0 spiro atoms. The lowest BCUT2D eigenvalue weighted by Crippen LogP contribution is -2.49. The average molecular weight is 266 g/mol. The number of hydrogen-bond donors (Lipinski definition) is 1. The number of morpholine rings is 1. The molecule has 0 radical (unpaired) electrons. The molecule has 104 valence electrons. The van der Waals surface area contributed by atoms with Gasteiger partial charge in [0.05, 0.1) is 19.6 Å². The lowest BCUT2D eigenvalue weighted by molar-refractivity contribution is -0.129. The van der Waals surface area contributed by atoms with Gasteiger partial charge in [0.25, 0.3) is 0 Å². The van der Waals surface area contributed by atoms with Crippen LogP contribution in [0.2, 0.25) is 0 Å². The van der Waals surface area contributed by atoms with Gasteiger partial charge < -0.3 is 15.0 Å². The highest BCUT2D eigenvalue weighted by Crippen LogP contribution is 2.08. The normalized spacial score (nSPS) is 19.2. The highest BCUT2D eigenvalue weighted by atomic mass is 19.1. The first kappa shape index (κ1) is 14.0. The predicted octanol–water partition coefficient (Wildman–Crippen LogP) is 0.815. The number of ether oxygens (including phenoxy) is 1. The summed E-state index contributed by atoms with van der Waals surface area (Å²) in [5.41, 5.74) is 0.437. The van der Waals surface area contributed by atoms with Crippen LogP contribution in [0.4, 0.5) is 4.39 Å². The van der Waals surface area contributed by atoms with E-state index in [-0.39, 0.29) is 24.2 Å². The van der Waals surface area contributed by atoms with E-state index in [0.717, 1.165) is 6.54 Å². The Morgan fingerprint density at radius 1 is 1.53 bits per heavy atom. The zero-order chi connectivity index (χ0) is 13.7. The van der Waals surface area contributed by atoms with Crippen LogP contribution in [0.25, 0.3) is 0 Å². The Morgan fingerprint density at radius 3 is 3.00 bits per heavy atom. The van der Waals surface area contributed by atoms with Crippen molar-refractivity contribution in [2.75, 3.05) is 33.4 Å². The molecule has 2 rings (SSSR count). The average Bonchev–Trinajstić information content (AvgIpc) is 2.42. The van der Waals surface area contributed by atoms with Gasteiger partial charge in [-0.05, 0) is 11.6 Å². The van der Waals surface area contributed by atoms with E-state index in [4.69, 9.17) is 4.74 Å². The molecule has 19 heavy (non-hydrogen) atoms. The third kappa shape index (κ3) is 4.01. The van der Waals surface area contributed by atoms with Crippen LogP contribution < -0.4 is 5.32 Å². The second-order valence-electron chi connectivity index (χ2n) is 4.77. The van der Waals surface area contributed by atoms with Crippen molar-refractivity contribution in [3.8, 4) is 0 Å². The molecular formula is C14H19FN2O2. The van der Waals surface area contributed by atoms with Crippen LogP contribution in [0.15, 0.2) is 24.3 Å². The minimum atomic E-state index is -0.330. The van der Waals surface area contributed by atoms with E-state index < -0.39 is 0 Å². The van der Waals surface area contributed by atoms with Crippen LogP contribution in [0.1, 0.15) is 5.56 Å². The Bertz CT molecular complexity index is 433. The van der Waals surface area contributed by atoms with Gasteiger partial charge in [-0.2, -0.15) is 0 Å². The molecule has 1 saturated heterocycles. The van der Waals surface area contributed by atoms with Gasteiger partial charge in [-0.25, -0.2) is 4.39 Å². The highest BCUT2D eigenvalue weighted by Gasteiger charge is 2.18. The molecule has 4 nitrogen and oxygen atoms in total. The number of halogens is 1. The Hall–Kier alpha value is -1.46. The summed E-state index contributed by atoms with van der Waals surface area (Å²) >= 11 is 0. The van der Waals surface area contributed by atoms with Crippen LogP contribution in [0.3, 0.4) is 0 Å². The Labute approximate surface area is 112 Å². The zero-order valence-corrected chi connectivity index (χ0v) is 11.1. The highest BCUT2D eigenvalue weighted by molar-refractivity contribution is 5.78. The molecule has 0 aromatic heterocycles. The van der Waals surface area contributed by atoms with Crippen LogP contribution in [-0.4, -0.2) is 50.2 Å². The first-order valence-corrected chi connectivity index (χ1v) is 6.45. The van der Waals surface area contributed by atoms with Crippen molar-refractivity contribution in [1.29, 1.82) is 0 Å². The fourth-order valence-electron chi connectivity index (χ4n) is 2.11. The summed E-state index contributed by atoms with van der Waals surface area (Å²) in [5.74, 6) is -0.416. The van der Waals surface area contributed by atoms with Crippen molar-refractivity contribution in [3.05, 3.63) is 35.6 Å². The van der Waals surface area contributed by atoms with Gasteiger partial charge in [0.15, 0.2) is 0 Å². The standard InChI is InChI=1S/C14H19FN2O2/c1-17(9-12-10-19-7-6-16-12)14(18)8-11-4-2-3-5-13(11)15/h2-5,12,16H,6-10H2,1H3. The summed E-state index contributed by atoms with van der Waals surface area (Å²) in [6.07, 6.45) is 0.0940. The molecule has 1 aromatic carbocycles. The molecule has 1 aliphatic rings. The maximum absolute atomic E-state index is 13.5. The van der Waals surface area contributed by atoms with Crippen LogP contribution >= 0.6 is 0 Å². The second kappa shape index (κ2) is 6.63. The third-order valence-corrected chi connectivity index (χ3v) is 3.22. The molecule has 0 bridgehead atoms. The number of hydrogen-bond acceptors (Lipinski definition) is 3. The van der Waals surface area contributed by atoms with Crippen molar-refractivity contribution >= 4 is 5.91 Å². The minimum absolute atomic E-state index is 0.0857. The van der Waals surface area contributed by atoms with Crippen molar-refractivity contribution in [2.24, 2.45) is 0 Å². The van der Waals surface area contributed by atoms with Crippen LogP contribution in [0, 0.1) is 5.82 Å². The van der Waals surface area contributed by atoms with E-state index in [9.17, 15) is 9.18 Å². The minimum Gasteiger partial charge on any atom is -0.378 e. The molecule has 0 aliphatic carbocycles. The SMILES string of the molecule is CN(CC1COCCN1)C(=O)Cc1ccccc1F. The summed E-state index contributed by atoms with van der Waals surface area (Å²) in [6, 6.07) is 6.53. The van der Waals surface area contributed by atoms with Crippen molar-refractivity contribution < 1.29 is 13.9 Å². The number of nitrogens with zero attached hydrogens (tertiary/aromatic N) is 1. The maximum Gasteiger partial charge on any atom is 0.226 e. The van der Waals surface area contributed by atoms with E-state index in [0.29, 0.717) is 25.3 Å². The molecule has 1 aromatic rings. The predicted molar refractivity (Wildman–Crippen MR) is 70.4 cm³/mol. The van der Waals surface area contributed by atoms with Gasteiger partial charge in [0.1, 0.15) is 5.82 Å². The molecule has 1 amide bonds. The number of amides is 1. The first-order valence-electron chi connectivity index (χ1n) is 6.45. The summed E-state index contributed by atoms with van der Waals surface area (Å²) in [4.78, 5) is 13.7. The molecule has 1 N–H and O–H groups in total. The van der Waals surface area contributed by atoms with Gasteiger partial charge in [-0.3, -0.25) is 4.79 Å². The fraction of sp³-hybridized carbons (Fsp3) is 0.500. The number of likely N-dealkylation sites (N-methyl/N-ethyl adjacent to an activating group) is 1. The first-order chi connectivity index (χ1) is 9.16. The second-order valence-corrected chi connectivity index (χ2v) is 4.77. The molecule has 1 fully saturated rings. The van der Waals surface area contributed by atoms with Crippen molar-refractivity contribution in [2.45, 2.75) is 12.5 Å². The van der Waals surface area contributed by atoms with Crippen LogP contribution in [-0.2, 0) is 16.0 Å². The largest absolute Gasteiger partial charge is 0.378 e. The number of benzene rings is 1. The summed E-state index contributed by atoms with van der Waals surface area (Å²) in [6.45, 7) is 2.70. The number of carbonyl (C=O) groups is 1. The molecule has 1 unspecified atom stereocenters. The summed E-state index contributed by atoms with van der Waals surface area (Å²) in [5, 5.41) is 3.29. The van der Waals surface area contributed by atoms with Gasteiger partial charge in [-0.15, -0.1) is 0 Å². The topological polar surface area (TPSA) is 41.6 Å². The van der Waals surface area contributed by atoms with Gasteiger partial charge in [-0.1, -0.05) is 18.2 Å². The monoisotopic (exact) mass is 266 g/mol. The van der Waals surface area contributed by atoms with Gasteiger partial charge in [0.2, 0.25) is 5.91 Å². The summed E-state index contributed by atoms with van der Waals surface area (Å²) in [7, 11) is 1.74. The fourth-order valence-corrected chi connectivity index (χ4v) is 2.11. The lowest BCUT2D eigenvalue weighted by Gasteiger charge is -2.28. The van der Waals surface area contributed by atoms with Crippen molar-refractivity contribution in [3.63, 3.8) is 0 Å². The lowest BCUT2D eigenvalue weighted by atomic mass is 10.1. The maximum atomic E-state index is 13.5. The molecular weight excluding hydrogens is 247 g/mol.